The van der Waals surface area contributed by atoms with Crippen molar-refractivity contribution in [3.05, 3.63) is 79.0 Å². The molecule has 0 aromatic carbocycles. The first kappa shape index (κ1) is 32.4. The Morgan fingerprint density at radius 2 is 0.903 bits per heavy atom. The molecule has 10 nitrogen and oxygen atoms in total. The minimum absolute atomic E-state index is 0. The quantitative estimate of drug-likeness (QED) is 0.220. The Morgan fingerprint density at radius 3 is 0.935 bits per heavy atom. The predicted molar refractivity (Wildman–Crippen MR) is 106 cm³/mol. The molecule has 0 unspecified atom stereocenters. The number of carbonyl (C=O) groups excluding carboxylic acids is 2. The molecule has 3 rings (SSSR count). The average molecular weight is 546 g/mol. The summed E-state index contributed by atoms with van der Waals surface area (Å²) in [6.07, 6.45) is 11.1. The molecule has 3 aromatic rings. The summed E-state index contributed by atoms with van der Waals surface area (Å²) in [6.45, 7) is 14.9. The van der Waals surface area contributed by atoms with Crippen molar-refractivity contribution in [3.63, 3.8) is 0 Å². The molecule has 0 saturated heterocycles. The van der Waals surface area contributed by atoms with Crippen molar-refractivity contribution in [2.45, 2.75) is 34.6 Å². The molecule has 3 aromatic heterocycles. The number of hydrogen-bond donors (Lipinski definition) is 3. The van der Waals surface area contributed by atoms with Crippen LogP contribution in [-0.4, -0.2) is 26.9 Å². The summed E-state index contributed by atoms with van der Waals surface area (Å²) in [5.74, 6) is 0.907. The van der Waals surface area contributed by atoms with Gasteiger partial charge in [-0.1, -0.05) is 13.2 Å². The molecule has 0 spiro atoms. The first-order valence-electron chi connectivity index (χ1n) is 8.76. The van der Waals surface area contributed by atoms with E-state index in [9.17, 15) is 19.8 Å². The van der Waals surface area contributed by atoms with E-state index in [0.717, 1.165) is 17.5 Å². The number of carbonyl (C=O) groups is 2. The lowest BCUT2D eigenvalue weighted by atomic mass is 10.4. The monoisotopic (exact) mass is 546 g/mol. The lowest BCUT2D eigenvalue weighted by molar-refractivity contribution is -0.385. The van der Waals surface area contributed by atoms with Crippen molar-refractivity contribution in [1.29, 1.82) is 0 Å². The van der Waals surface area contributed by atoms with Crippen LogP contribution in [0.2, 0.25) is 0 Å². The van der Waals surface area contributed by atoms with E-state index >= 15 is 0 Å². The highest BCUT2D eigenvalue weighted by Gasteiger charge is 1.84. The van der Waals surface area contributed by atoms with Gasteiger partial charge in [-0.15, -0.1) is 0 Å². The fourth-order valence-electron chi connectivity index (χ4n) is 1.13. The average Bonchev–Trinajstić information content (AvgIpc) is 3.42. The lowest BCUT2D eigenvalue weighted by Crippen LogP contribution is -3.00. The zero-order valence-corrected chi connectivity index (χ0v) is 20.5. The van der Waals surface area contributed by atoms with Crippen LogP contribution in [-0.2, 0) is 9.59 Å². The number of aromatic amines is 6. The summed E-state index contributed by atoms with van der Waals surface area (Å²) in [7, 11) is 0. The summed E-state index contributed by atoms with van der Waals surface area (Å²) in [4.78, 5) is 36.6. The second kappa shape index (κ2) is 20.1. The maximum Gasteiger partial charge on any atom is 0.248 e. The van der Waals surface area contributed by atoms with Crippen LogP contribution in [0, 0.1) is 20.8 Å². The van der Waals surface area contributed by atoms with Crippen LogP contribution in [0.5, 0.6) is 0 Å². The Balaban J connectivity index is -0.000000314. The maximum absolute atomic E-state index is 9.49. The normalized spacial score (nSPS) is 8.03. The fraction of sp³-hybridized carbons (Fsp3) is 0.250. The molecular formula is C20H31IN6O4. The van der Waals surface area contributed by atoms with Crippen LogP contribution < -0.4 is 49.1 Å². The Morgan fingerprint density at radius 1 is 0.710 bits per heavy atom. The highest BCUT2D eigenvalue weighted by Crippen LogP contribution is 1.78. The first-order valence-corrected chi connectivity index (χ1v) is 8.76. The van der Waals surface area contributed by atoms with Crippen molar-refractivity contribution in [3.8, 4) is 0 Å². The molecule has 3 heterocycles. The van der Waals surface area contributed by atoms with E-state index in [4.69, 9.17) is 0 Å². The Kier molecular flexibility index (Phi) is 21.0. The smallest absolute Gasteiger partial charge is 0.248 e. The summed E-state index contributed by atoms with van der Waals surface area (Å²) in [5.41, 5.74) is 0.130. The molecule has 0 aliphatic rings. The summed E-state index contributed by atoms with van der Waals surface area (Å²) in [5, 5.41) is 19.0. The van der Waals surface area contributed by atoms with Gasteiger partial charge in [-0.25, -0.2) is 29.9 Å². The minimum Gasteiger partial charge on any atom is -1.00 e. The fourth-order valence-corrected chi connectivity index (χ4v) is 1.13. The van der Waals surface area contributed by atoms with Crippen molar-refractivity contribution < 1.29 is 58.7 Å². The second-order valence-corrected chi connectivity index (χ2v) is 5.88. The zero-order chi connectivity index (χ0) is 23.5. The van der Waals surface area contributed by atoms with Crippen molar-refractivity contribution in [2.24, 2.45) is 0 Å². The zero-order valence-electron chi connectivity index (χ0n) is 18.4. The standard InChI is InChI=1S/3C4H6N2.2C4H6O2.HI/c3*1-4-5-2-3-6-4;2*1-3(2)4(5)6;/h3*2-3H,1H3,(H,5,6);2*1H2,2H3,(H,5,6);1H. The summed E-state index contributed by atoms with van der Waals surface area (Å²) >= 11 is 0. The number of nitrogens with one attached hydrogen (secondary N) is 6. The van der Waals surface area contributed by atoms with Crippen LogP contribution in [0.4, 0.5) is 0 Å². The maximum atomic E-state index is 9.49. The van der Waals surface area contributed by atoms with Crippen molar-refractivity contribution >= 4 is 11.9 Å². The van der Waals surface area contributed by atoms with Gasteiger partial charge in [-0.3, -0.25) is 0 Å². The van der Waals surface area contributed by atoms with Gasteiger partial charge in [0.2, 0.25) is 17.5 Å². The Labute approximate surface area is 199 Å². The summed E-state index contributed by atoms with van der Waals surface area (Å²) < 4.78 is 0. The minimum atomic E-state index is -1.19. The SMILES string of the molecule is C=C(C)C(=O)[O-].C=C(C)C(=O)[O-].Cc1[nH]cc[nH+]1.Cc1[nH]cc[nH+]1.Cc1[nH]cc[nH+]1.[I-]. The van der Waals surface area contributed by atoms with E-state index in [-0.39, 0.29) is 35.1 Å². The van der Waals surface area contributed by atoms with Crippen molar-refractivity contribution in [1.82, 2.24) is 15.0 Å². The van der Waals surface area contributed by atoms with E-state index in [1.165, 1.54) is 13.8 Å². The number of carboxylic acid groups (broad SMARTS) is 2. The van der Waals surface area contributed by atoms with E-state index < -0.39 is 11.9 Å². The molecular weight excluding hydrogens is 515 g/mol. The molecule has 0 fully saturated rings. The first-order chi connectivity index (χ1) is 14.0. The van der Waals surface area contributed by atoms with Crippen LogP contribution >= 0.6 is 0 Å². The van der Waals surface area contributed by atoms with Crippen LogP contribution in [0.15, 0.2) is 61.5 Å². The van der Waals surface area contributed by atoms with E-state index in [2.05, 4.69) is 43.1 Å². The van der Waals surface area contributed by atoms with Gasteiger partial charge in [-0.05, 0) is 25.0 Å². The van der Waals surface area contributed by atoms with Crippen LogP contribution in [0.3, 0.4) is 0 Å². The molecule has 0 atom stereocenters. The highest BCUT2D eigenvalue weighted by molar-refractivity contribution is 5.83. The molecule has 0 amide bonds. The summed E-state index contributed by atoms with van der Waals surface area (Å²) in [6, 6.07) is 0. The van der Waals surface area contributed by atoms with Crippen LogP contribution in [0.1, 0.15) is 31.3 Å². The van der Waals surface area contributed by atoms with Gasteiger partial charge in [0.05, 0.1) is 11.9 Å². The molecule has 0 aliphatic heterocycles. The molecule has 0 radical (unpaired) electrons. The molecule has 31 heavy (non-hydrogen) atoms. The largest absolute Gasteiger partial charge is 1.00 e. The lowest BCUT2D eigenvalue weighted by Gasteiger charge is -1.93. The number of aryl methyl sites for hydroxylation is 3. The van der Waals surface area contributed by atoms with Gasteiger partial charge in [0, 0.05) is 20.8 Å². The van der Waals surface area contributed by atoms with E-state index in [1.807, 2.05) is 58.0 Å². The number of hydrogen-bond acceptors (Lipinski definition) is 4. The van der Waals surface area contributed by atoms with E-state index in [1.54, 1.807) is 0 Å². The van der Waals surface area contributed by atoms with Gasteiger partial charge in [0.25, 0.3) is 0 Å². The third-order valence-corrected chi connectivity index (χ3v) is 2.75. The number of carboxylic acids is 2. The molecule has 0 saturated carbocycles. The van der Waals surface area contributed by atoms with Gasteiger partial charge in [0.15, 0.2) is 0 Å². The number of rotatable bonds is 2. The topological polar surface area (TPSA) is 170 Å². The Hall–Kier alpha value is -3.22. The molecule has 0 bridgehead atoms. The van der Waals surface area contributed by atoms with Gasteiger partial charge >= 0.3 is 0 Å². The third kappa shape index (κ3) is 24.7. The van der Waals surface area contributed by atoms with Gasteiger partial charge in [0.1, 0.15) is 37.2 Å². The second-order valence-electron chi connectivity index (χ2n) is 5.88. The van der Waals surface area contributed by atoms with E-state index in [0.29, 0.717) is 0 Å². The van der Waals surface area contributed by atoms with Crippen LogP contribution in [0.25, 0.3) is 0 Å². The predicted octanol–water partition coefficient (Wildman–Crippen LogP) is -3.96. The molecule has 172 valence electrons. The number of halogens is 1. The van der Waals surface area contributed by atoms with Gasteiger partial charge < -0.3 is 43.8 Å². The Bertz CT molecular complexity index is 720. The number of aliphatic carboxylic acids is 2. The van der Waals surface area contributed by atoms with Crippen molar-refractivity contribution in [2.75, 3.05) is 0 Å². The number of H-pyrrole nitrogens is 6. The third-order valence-electron chi connectivity index (χ3n) is 2.75. The highest BCUT2D eigenvalue weighted by atomic mass is 127. The molecule has 11 heteroatoms. The van der Waals surface area contributed by atoms with Gasteiger partial charge in [-0.2, -0.15) is 0 Å². The number of imidazole rings is 3. The molecule has 6 N–H and O–H groups in total. The number of aromatic nitrogens is 6. The molecule has 0 aliphatic carbocycles.